The standard InChI is InChI=1S/2C11H17.Zr/c2*1-2-3-4-5-8-11-9-6-7-10-11;/h2*6,9H,2-5,7-8H2,1H3;/q2*-1;+2. The fourth-order valence-electron chi connectivity index (χ4n) is 2.73. The molecule has 1 heteroatoms. The van der Waals surface area contributed by atoms with Crippen molar-refractivity contribution in [1.29, 1.82) is 0 Å². The van der Waals surface area contributed by atoms with Crippen LogP contribution < -0.4 is 0 Å². The van der Waals surface area contributed by atoms with Gasteiger partial charge in [-0.05, 0) is 0 Å². The summed E-state index contributed by atoms with van der Waals surface area (Å²) < 4.78 is 0. The van der Waals surface area contributed by atoms with Crippen molar-refractivity contribution >= 4 is 0 Å². The summed E-state index contributed by atoms with van der Waals surface area (Å²) in [6.07, 6.45) is 31.0. The van der Waals surface area contributed by atoms with E-state index in [1.807, 2.05) is 0 Å². The molecular formula is C22H34Zr. The van der Waals surface area contributed by atoms with Crippen molar-refractivity contribution in [3.63, 3.8) is 0 Å². The van der Waals surface area contributed by atoms with E-state index in [0.29, 0.717) is 0 Å². The first kappa shape index (κ1) is 22.8. The molecule has 0 spiro atoms. The van der Waals surface area contributed by atoms with Gasteiger partial charge in [0, 0.05) is 0 Å². The van der Waals surface area contributed by atoms with E-state index in [0.717, 1.165) is 12.8 Å². The molecule has 0 aliphatic heterocycles. The minimum atomic E-state index is 0. The molecule has 0 N–H and O–H groups in total. The average molecular weight is 390 g/mol. The smallest absolute Gasteiger partial charge is 0.269 e. The minimum absolute atomic E-state index is 0. The number of hydrogen-bond donors (Lipinski definition) is 0. The van der Waals surface area contributed by atoms with Crippen molar-refractivity contribution in [2.45, 2.75) is 90.9 Å². The van der Waals surface area contributed by atoms with E-state index in [1.54, 1.807) is 0 Å². The Morgan fingerprint density at radius 2 is 1.13 bits per heavy atom. The first-order valence-electron chi connectivity index (χ1n) is 9.39. The topological polar surface area (TPSA) is 0 Å². The third-order valence-corrected chi connectivity index (χ3v) is 4.13. The van der Waals surface area contributed by atoms with Crippen LogP contribution in [0.2, 0.25) is 0 Å². The summed E-state index contributed by atoms with van der Waals surface area (Å²) >= 11 is 0. The molecule has 0 saturated heterocycles. The van der Waals surface area contributed by atoms with Crippen LogP contribution >= 0.6 is 0 Å². The van der Waals surface area contributed by atoms with Gasteiger partial charge in [-0.3, -0.25) is 12.2 Å². The molecule has 2 rings (SSSR count). The normalized spacial score (nSPS) is 14.9. The maximum Gasteiger partial charge on any atom is 2.00 e. The van der Waals surface area contributed by atoms with Crippen molar-refractivity contribution in [2.75, 3.05) is 0 Å². The molecule has 0 aromatic rings. The fraction of sp³-hybridized carbons (Fsp3) is 0.636. The van der Waals surface area contributed by atoms with Gasteiger partial charge in [-0.25, -0.2) is 23.3 Å². The molecule has 0 nitrogen and oxygen atoms in total. The van der Waals surface area contributed by atoms with Crippen molar-refractivity contribution in [2.24, 2.45) is 0 Å². The van der Waals surface area contributed by atoms with E-state index < -0.39 is 0 Å². The van der Waals surface area contributed by atoms with E-state index in [9.17, 15) is 0 Å². The molecule has 126 valence electrons. The van der Waals surface area contributed by atoms with Crippen molar-refractivity contribution < 1.29 is 26.2 Å². The third-order valence-electron chi connectivity index (χ3n) is 4.13. The van der Waals surface area contributed by atoms with Crippen LogP contribution in [0.15, 0.2) is 35.5 Å². The van der Waals surface area contributed by atoms with Crippen LogP contribution in [0.5, 0.6) is 0 Å². The van der Waals surface area contributed by atoms with Gasteiger partial charge >= 0.3 is 26.2 Å². The molecule has 0 radical (unpaired) electrons. The largest absolute Gasteiger partial charge is 2.00 e. The molecule has 0 amide bonds. The Labute approximate surface area is 164 Å². The molecule has 0 aromatic carbocycles. The van der Waals surface area contributed by atoms with E-state index in [4.69, 9.17) is 0 Å². The fourth-order valence-corrected chi connectivity index (χ4v) is 2.73. The molecule has 0 atom stereocenters. The maximum absolute atomic E-state index is 3.34. The number of hydrogen-bond acceptors (Lipinski definition) is 0. The second-order valence-corrected chi connectivity index (χ2v) is 6.24. The van der Waals surface area contributed by atoms with Crippen molar-refractivity contribution in [1.82, 2.24) is 0 Å². The zero-order valence-corrected chi connectivity index (χ0v) is 17.8. The molecule has 0 unspecified atom stereocenters. The van der Waals surface area contributed by atoms with Gasteiger partial charge in [0.1, 0.15) is 0 Å². The van der Waals surface area contributed by atoms with Gasteiger partial charge in [0.15, 0.2) is 0 Å². The number of rotatable bonds is 10. The van der Waals surface area contributed by atoms with Crippen LogP contribution in [-0.2, 0) is 26.2 Å². The molecule has 0 saturated carbocycles. The summed E-state index contributed by atoms with van der Waals surface area (Å²) in [7, 11) is 0. The number of allylic oxidation sites excluding steroid dienone is 8. The summed E-state index contributed by atoms with van der Waals surface area (Å²) in [5.74, 6) is 0. The van der Waals surface area contributed by atoms with Gasteiger partial charge in [0.25, 0.3) is 0 Å². The Morgan fingerprint density at radius 3 is 1.43 bits per heavy atom. The summed E-state index contributed by atoms with van der Waals surface area (Å²) in [5.41, 5.74) is 2.86. The maximum atomic E-state index is 3.34. The monoisotopic (exact) mass is 388 g/mol. The molecule has 2 aliphatic carbocycles. The average Bonchev–Trinajstić information content (AvgIpc) is 3.22. The van der Waals surface area contributed by atoms with Crippen LogP contribution in [0.1, 0.15) is 90.9 Å². The SMILES string of the molecule is CCCCCCC1=[C-]CC=C1.CCCCCCC1=[C-]CC=C1.[Zr+2]. The summed E-state index contributed by atoms with van der Waals surface area (Å²) in [6.45, 7) is 4.50. The van der Waals surface area contributed by atoms with E-state index >= 15 is 0 Å². The van der Waals surface area contributed by atoms with E-state index in [1.165, 1.54) is 75.4 Å². The predicted octanol–water partition coefficient (Wildman–Crippen LogP) is 7.29. The minimum Gasteiger partial charge on any atom is -0.269 e. The van der Waals surface area contributed by atoms with Gasteiger partial charge < -0.3 is 0 Å². The summed E-state index contributed by atoms with van der Waals surface area (Å²) in [4.78, 5) is 0. The Bertz CT molecular complexity index is 347. The van der Waals surface area contributed by atoms with E-state index in [-0.39, 0.29) is 26.2 Å². The molecule has 2 aliphatic rings. The molecule has 0 aromatic heterocycles. The first-order valence-corrected chi connectivity index (χ1v) is 9.39. The van der Waals surface area contributed by atoms with E-state index in [2.05, 4.69) is 50.3 Å². The molecule has 23 heavy (non-hydrogen) atoms. The van der Waals surface area contributed by atoms with Crippen LogP contribution in [0.3, 0.4) is 0 Å². The molecule has 0 heterocycles. The predicted molar refractivity (Wildman–Crippen MR) is 98.5 cm³/mol. The van der Waals surface area contributed by atoms with Crippen molar-refractivity contribution in [3.8, 4) is 0 Å². The second-order valence-electron chi connectivity index (χ2n) is 6.24. The zero-order chi connectivity index (χ0) is 15.9. The Hall–Kier alpha value is -0.157. The molecule has 0 bridgehead atoms. The summed E-state index contributed by atoms with van der Waals surface area (Å²) in [5, 5.41) is 0. The Balaban J connectivity index is 0.000000403. The van der Waals surface area contributed by atoms with Gasteiger partial charge in [0.2, 0.25) is 0 Å². The zero-order valence-electron chi connectivity index (χ0n) is 15.3. The summed E-state index contributed by atoms with van der Waals surface area (Å²) in [6, 6.07) is 0. The van der Waals surface area contributed by atoms with Crippen LogP contribution in [0.25, 0.3) is 0 Å². The first-order chi connectivity index (χ1) is 10.9. The Kier molecular flexibility index (Phi) is 16.6. The quantitative estimate of drug-likeness (QED) is 0.272. The van der Waals surface area contributed by atoms with Gasteiger partial charge in [-0.1, -0.05) is 78.1 Å². The van der Waals surface area contributed by atoms with Crippen LogP contribution in [-0.4, -0.2) is 0 Å². The van der Waals surface area contributed by atoms with Gasteiger partial charge in [-0.2, -0.15) is 12.2 Å². The Morgan fingerprint density at radius 1 is 0.696 bits per heavy atom. The molecule has 0 fully saturated rings. The van der Waals surface area contributed by atoms with Gasteiger partial charge in [0.05, 0.1) is 0 Å². The van der Waals surface area contributed by atoms with Crippen LogP contribution in [0, 0.1) is 12.2 Å². The third kappa shape index (κ3) is 12.9. The molecular weight excluding hydrogens is 355 g/mol. The van der Waals surface area contributed by atoms with Gasteiger partial charge in [-0.15, -0.1) is 12.8 Å². The number of unbranched alkanes of at least 4 members (excludes halogenated alkanes) is 6. The van der Waals surface area contributed by atoms with Crippen molar-refractivity contribution in [3.05, 3.63) is 47.6 Å². The second kappa shape index (κ2) is 16.7. The van der Waals surface area contributed by atoms with Crippen LogP contribution in [0.4, 0.5) is 0 Å².